The van der Waals surface area contributed by atoms with Gasteiger partial charge in [-0.2, -0.15) is 0 Å². The molecule has 1 atom stereocenters. The van der Waals surface area contributed by atoms with Gasteiger partial charge in [-0.15, -0.1) is 0 Å². The zero-order valence-corrected chi connectivity index (χ0v) is 20.6. The summed E-state index contributed by atoms with van der Waals surface area (Å²) in [5.74, 6) is -0.0362. The summed E-state index contributed by atoms with van der Waals surface area (Å²) in [6.07, 6.45) is -1.48. The van der Waals surface area contributed by atoms with Crippen molar-refractivity contribution in [2.75, 3.05) is 37.7 Å². The first-order valence-corrected chi connectivity index (χ1v) is 11.5. The molecule has 0 bridgehead atoms. The van der Waals surface area contributed by atoms with Crippen LogP contribution in [0, 0.1) is 5.82 Å². The number of rotatable bonds is 5. The number of hydrogen-bond acceptors (Lipinski definition) is 5. The third-order valence-electron chi connectivity index (χ3n) is 4.93. The zero-order valence-electron chi connectivity index (χ0n) is 18.3. The van der Waals surface area contributed by atoms with Gasteiger partial charge in [0.25, 0.3) is 0 Å². The summed E-state index contributed by atoms with van der Waals surface area (Å²) >= 11 is 9.29. The van der Waals surface area contributed by atoms with E-state index in [1.165, 1.54) is 12.1 Å². The lowest BCUT2D eigenvalue weighted by Gasteiger charge is -2.37. The normalized spacial score (nSPS) is 15.5. The van der Waals surface area contributed by atoms with Crippen LogP contribution in [-0.4, -0.2) is 54.5 Å². The molecule has 9 heteroatoms. The number of nitrogens with zero attached hydrogens (tertiary/aromatic N) is 2. The summed E-state index contributed by atoms with van der Waals surface area (Å²) in [6.45, 7) is 7.62. The zero-order chi connectivity index (χ0) is 23.5. The maximum absolute atomic E-state index is 14.1. The molecule has 1 saturated heterocycles. The third-order valence-corrected chi connectivity index (χ3v) is 5.78. The molecule has 0 saturated carbocycles. The molecule has 1 aliphatic heterocycles. The smallest absolute Gasteiger partial charge is 0.410 e. The van der Waals surface area contributed by atoms with E-state index >= 15 is 0 Å². The van der Waals surface area contributed by atoms with Crippen molar-refractivity contribution in [2.45, 2.75) is 32.5 Å². The molecule has 1 unspecified atom stereocenters. The minimum Gasteiger partial charge on any atom is -0.487 e. The Kier molecular flexibility index (Phi) is 7.90. The molecule has 6 nitrogen and oxygen atoms in total. The number of para-hydroxylation sites is 1. The standard InChI is InChI=1S/C23H27BrClFN2O4/c1-23(2,3)32-22(30)28-11-9-27(10-12-28)19-6-4-5-17(24)21(19)31-14-20(29)16-8-7-15(25)13-18(16)26/h4-8,13,20,29H,9-12,14H2,1-3H3. The van der Waals surface area contributed by atoms with Gasteiger partial charge < -0.3 is 24.4 Å². The van der Waals surface area contributed by atoms with Crippen molar-refractivity contribution in [3.63, 3.8) is 0 Å². The molecule has 2 aromatic rings. The van der Waals surface area contributed by atoms with Crippen LogP contribution in [0.4, 0.5) is 14.9 Å². The minimum absolute atomic E-state index is 0.119. The van der Waals surface area contributed by atoms with Gasteiger partial charge in [0.2, 0.25) is 0 Å². The Morgan fingerprint density at radius 3 is 2.53 bits per heavy atom. The van der Waals surface area contributed by atoms with Crippen LogP contribution < -0.4 is 9.64 Å². The number of amides is 1. The number of ether oxygens (including phenoxy) is 2. The first-order chi connectivity index (χ1) is 15.0. The molecule has 1 N–H and O–H groups in total. The fourth-order valence-electron chi connectivity index (χ4n) is 3.37. The lowest BCUT2D eigenvalue weighted by atomic mass is 10.1. The largest absolute Gasteiger partial charge is 0.487 e. The van der Waals surface area contributed by atoms with E-state index in [9.17, 15) is 14.3 Å². The third kappa shape index (κ3) is 6.27. The fraction of sp³-hybridized carbons (Fsp3) is 0.435. The molecular formula is C23H27BrClFN2O4. The molecule has 1 fully saturated rings. The maximum atomic E-state index is 14.1. The highest BCUT2D eigenvalue weighted by molar-refractivity contribution is 9.10. The molecule has 2 aromatic carbocycles. The van der Waals surface area contributed by atoms with Gasteiger partial charge in [-0.1, -0.05) is 23.7 Å². The molecular weight excluding hydrogens is 503 g/mol. The van der Waals surface area contributed by atoms with Crippen LogP contribution in [0.1, 0.15) is 32.4 Å². The van der Waals surface area contributed by atoms with E-state index in [0.29, 0.717) is 36.4 Å². The van der Waals surface area contributed by atoms with Crippen LogP contribution in [-0.2, 0) is 4.74 Å². The minimum atomic E-state index is -1.16. The molecule has 32 heavy (non-hydrogen) atoms. The van der Waals surface area contributed by atoms with Crippen molar-refractivity contribution in [3.05, 3.63) is 57.3 Å². The van der Waals surface area contributed by atoms with Crippen LogP contribution in [0.2, 0.25) is 5.02 Å². The Morgan fingerprint density at radius 2 is 1.91 bits per heavy atom. The summed E-state index contributed by atoms with van der Waals surface area (Å²) in [4.78, 5) is 16.1. The molecule has 0 radical (unpaired) electrons. The Hall–Kier alpha value is -2.03. The van der Waals surface area contributed by atoms with Gasteiger partial charge in [0.05, 0.1) is 10.2 Å². The number of anilines is 1. The molecule has 0 aromatic heterocycles. The summed E-state index contributed by atoms with van der Waals surface area (Å²) < 4.78 is 26.2. The van der Waals surface area contributed by atoms with Gasteiger partial charge in [0.1, 0.15) is 24.1 Å². The van der Waals surface area contributed by atoms with Crippen molar-refractivity contribution in [1.82, 2.24) is 4.90 Å². The maximum Gasteiger partial charge on any atom is 0.410 e. The van der Waals surface area contributed by atoms with Crippen molar-refractivity contribution < 1.29 is 23.8 Å². The highest BCUT2D eigenvalue weighted by Gasteiger charge is 2.27. The van der Waals surface area contributed by atoms with E-state index in [1.807, 2.05) is 39.0 Å². The van der Waals surface area contributed by atoms with E-state index in [-0.39, 0.29) is 23.3 Å². The van der Waals surface area contributed by atoms with Gasteiger partial charge in [-0.25, -0.2) is 9.18 Å². The van der Waals surface area contributed by atoms with E-state index in [0.717, 1.165) is 11.8 Å². The molecule has 1 aliphatic rings. The molecule has 1 heterocycles. The SMILES string of the molecule is CC(C)(C)OC(=O)N1CCN(c2cccc(Br)c2OCC(O)c2ccc(Cl)cc2F)CC1. The molecule has 0 aliphatic carbocycles. The number of hydrogen-bond donors (Lipinski definition) is 1. The summed E-state index contributed by atoms with van der Waals surface area (Å²) in [5.41, 5.74) is 0.408. The van der Waals surface area contributed by atoms with E-state index < -0.39 is 17.5 Å². The summed E-state index contributed by atoms with van der Waals surface area (Å²) in [6, 6.07) is 9.78. The van der Waals surface area contributed by atoms with Crippen molar-refractivity contribution in [3.8, 4) is 5.75 Å². The Morgan fingerprint density at radius 1 is 1.22 bits per heavy atom. The number of aliphatic hydroxyl groups is 1. The van der Waals surface area contributed by atoms with Crippen LogP contribution in [0.3, 0.4) is 0 Å². The van der Waals surface area contributed by atoms with E-state index in [1.54, 1.807) is 4.90 Å². The summed E-state index contributed by atoms with van der Waals surface area (Å²) in [5, 5.41) is 10.7. The number of piperazine rings is 1. The average Bonchev–Trinajstić information content (AvgIpc) is 2.71. The molecule has 0 spiro atoms. The molecule has 1 amide bonds. The Balaban J connectivity index is 1.67. The van der Waals surface area contributed by atoms with Crippen LogP contribution in [0.15, 0.2) is 40.9 Å². The quantitative estimate of drug-likeness (QED) is 0.561. The second kappa shape index (κ2) is 10.3. The number of halogens is 3. The first kappa shape index (κ1) is 24.6. The average molecular weight is 530 g/mol. The monoisotopic (exact) mass is 528 g/mol. The summed E-state index contributed by atoms with van der Waals surface area (Å²) in [7, 11) is 0. The highest BCUT2D eigenvalue weighted by Crippen LogP contribution is 2.37. The number of carbonyl (C=O) groups excluding carboxylic acids is 1. The lowest BCUT2D eigenvalue weighted by molar-refractivity contribution is 0.0240. The van der Waals surface area contributed by atoms with Gasteiger partial charge in [-0.05, 0) is 61.0 Å². The highest BCUT2D eigenvalue weighted by atomic mass is 79.9. The molecule has 174 valence electrons. The van der Waals surface area contributed by atoms with Crippen LogP contribution in [0.25, 0.3) is 0 Å². The first-order valence-electron chi connectivity index (χ1n) is 10.3. The number of aliphatic hydroxyl groups excluding tert-OH is 1. The second-order valence-electron chi connectivity index (χ2n) is 8.54. The second-order valence-corrected chi connectivity index (χ2v) is 9.83. The number of carbonyl (C=O) groups is 1. The van der Waals surface area contributed by atoms with E-state index in [4.69, 9.17) is 21.1 Å². The van der Waals surface area contributed by atoms with Gasteiger partial charge in [-0.3, -0.25) is 0 Å². The van der Waals surface area contributed by atoms with Crippen LogP contribution in [0.5, 0.6) is 5.75 Å². The predicted octanol–water partition coefficient (Wildman–Crippen LogP) is 5.41. The lowest BCUT2D eigenvalue weighted by Crippen LogP contribution is -2.50. The fourth-order valence-corrected chi connectivity index (χ4v) is 4.00. The van der Waals surface area contributed by atoms with E-state index in [2.05, 4.69) is 20.8 Å². The Labute approximate surface area is 201 Å². The topological polar surface area (TPSA) is 62.2 Å². The van der Waals surface area contributed by atoms with Gasteiger partial charge >= 0.3 is 6.09 Å². The van der Waals surface area contributed by atoms with Crippen LogP contribution >= 0.6 is 27.5 Å². The number of benzene rings is 2. The Bertz CT molecular complexity index is 961. The van der Waals surface area contributed by atoms with Gasteiger partial charge in [0.15, 0.2) is 5.75 Å². The van der Waals surface area contributed by atoms with Crippen molar-refractivity contribution in [1.29, 1.82) is 0 Å². The molecule has 3 rings (SSSR count). The predicted molar refractivity (Wildman–Crippen MR) is 126 cm³/mol. The van der Waals surface area contributed by atoms with Crippen molar-refractivity contribution >= 4 is 39.3 Å². The van der Waals surface area contributed by atoms with Crippen molar-refractivity contribution in [2.24, 2.45) is 0 Å². The van der Waals surface area contributed by atoms with Gasteiger partial charge in [0, 0.05) is 36.8 Å².